The van der Waals surface area contributed by atoms with Gasteiger partial charge in [0.15, 0.2) is 0 Å². The molecule has 55 heavy (non-hydrogen) atoms. The number of hydrogen-bond acceptors (Lipinski definition) is 11. The van der Waals surface area contributed by atoms with Gasteiger partial charge in [0, 0.05) is 46.5 Å². The van der Waals surface area contributed by atoms with Crippen molar-refractivity contribution in [3.63, 3.8) is 0 Å². The first kappa shape index (κ1) is 35.9. The molecule has 0 amide bonds. The van der Waals surface area contributed by atoms with Crippen LogP contribution in [0.1, 0.15) is 23.7 Å². The molecule has 13 heteroatoms. The second-order valence-corrected chi connectivity index (χ2v) is 12.3. The zero-order chi connectivity index (χ0) is 38.1. The smallest absolute Gasteiger partial charge is 0.233 e. The summed E-state index contributed by atoms with van der Waals surface area (Å²) in [5.74, 6) is 0.640. The first-order chi connectivity index (χ1) is 26.8. The molecule has 0 spiro atoms. The second-order valence-electron chi connectivity index (χ2n) is 12.3. The van der Waals surface area contributed by atoms with E-state index in [1.165, 1.54) is 29.8 Å². The summed E-state index contributed by atoms with van der Waals surface area (Å²) in [5.41, 5.74) is 13.3. The van der Waals surface area contributed by atoms with Crippen LogP contribution in [-0.4, -0.2) is 31.5 Å². The summed E-state index contributed by atoms with van der Waals surface area (Å²) in [4.78, 5) is 22.4. The second kappa shape index (κ2) is 16.5. The summed E-state index contributed by atoms with van der Waals surface area (Å²) in [7, 11) is 0. The largest absolute Gasteiger partial charge is 0.493 e. The topological polar surface area (TPSA) is 160 Å². The lowest BCUT2D eigenvalue weighted by Crippen LogP contribution is -2.07. The molecule has 0 bridgehead atoms. The monoisotopic (exact) mass is 732 g/mol. The Balaban J connectivity index is 1.08. The molecule has 7 rings (SSSR count). The van der Waals surface area contributed by atoms with E-state index < -0.39 is 0 Å². The Labute approximate surface area is 316 Å². The van der Waals surface area contributed by atoms with Crippen LogP contribution in [0.25, 0.3) is 22.4 Å². The number of nitrogen functional groups attached to an aromatic ring is 1. The van der Waals surface area contributed by atoms with Crippen LogP contribution in [0, 0.1) is 23.0 Å². The van der Waals surface area contributed by atoms with Crippen LogP contribution in [0.3, 0.4) is 0 Å². The van der Waals surface area contributed by atoms with Gasteiger partial charge in [-0.3, -0.25) is 4.98 Å². The minimum Gasteiger partial charge on any atom is -0.493 e. The maximum atomic E-state index is 13.5. The summed E-state index contributed by atoms with van der Waals surface area (Å²) < 4.78 is 33.0. The van der Waals surface area contributed by atoms with Gasteiger partial charge in [0.1, 0.15) is 34.8 Å². The van der Waals surface area contributed by atoms with E-state index >= 15 is 0 Å². The lowest BCUT2D eigenvalue weighted by molar-refractivity contribution is 0.320. The van der Waals surface area contributed by atoms with E-state index in [4.69, 9.17) is 10.5 Å². The Morgan fingerprint density at radius 3 is 1.69 bits per heavy atom. The fourth-order valence-corrected chi connectivity index (χ4v) is 5.60. The minimum absolute atomic E-state index is 0.117. The molecule has 0 atom stereocenters. The lowest BCUT2D eigenvalue weighted by atomic mass is 9.98. The van der Waals surface area contributed by atoms with Crippen molar-refractivity contribution in [1.29, 1.82) is 5.26 Å². The molecule has 0 radical (unpaired) electrons. The van der Waals surface area contributed by atoms with Gasteiger partial charge in [0.2, 0.25) is 17.8 Å². The maximum Gasteiger partial charge on any atom is 0.233 e. The molecule has 272 valence electrons. The zero-order valence-electron chi connectivity index (χ0n) is 29.6. The predicted octanol–water partition coefficient (Wildman–Crippen LogP) is 9.14. The highest BCUT2D eigenvalue weighted by Crippen LogP contribution is 2.33. The first-order valence-corrected chi connectivity index (χ1v) is 17.4. The number of nitrogens with zero attached hydrogens (tertiary/aromatic N) is 6. The Hall–Kier alpha value is -7.46. The summed E-state index contributed by atoms with van der Waals surface area (Å²) in [5, 5.41) is 19.3. The molecule has 0 unspecified atom stereocenters. The van der Waals surface area contributed by atoms with E-state index in [2.05, 4.69) is 59.9 Å². The van der Waals surface area contributed by atoms with Crippen molar-refractivity contribution in [2.24, 2.45) is 0 Å². The zero-order valence-corrected chi connectivity index (χ0v) is 29.6. The van der Waals surface area contributed by atoms with Crippen LogP contribution in [-0.2, 0) is 12.8 Å². The third-order valence-corrected chi connectivity index (χ3v) is 8.52. The van der Waals surface area contributed by atoms with E-state index in [-0.39, 0.29) is 40.9 Å². The van der Waals surface area contributed by atoms with Crippen molar-refractivity contribution in [2.75, 3.05) is 28.3 Å². The number of benzene rings is 4. The Morgan fingerprint density at radius 2 is 1.20 bits per heavy atom. The molecule has 3 aromatic heterocycles. The van der Waals surface area contributed by atoms with E-state index in [9.17, 15) is 14.0 Å². The van der Waals surface area contributed by atoms with Gasteiger partial charge in [-0.15, -0.1) is 0 Å². The number of nitrogens with one attached hydrogen (secondary N) is 3. The van der Waals surface area contributed by atoms with Crippen LogP contribution in [0.5, 0.6) is 5.75 Å². The summed E-state index contributed by atoms with van der Waals surface area (Å²) in [6, 6.07) is 34.6. The third-order valence-electron chi connectivity index (χ3n) is 8.52. The molecule has 0 saturated carbocycles. The van der Waals surface area contributed by atoms with Crippen molar-refractivity contribution in [1.82, 2.24) is 24.9 Å². The van der Waals surface area contributed by atoms with E-state index in [1.54, 1.807) is 24.3 Å². The molecular weight excluding hydrogens is 699 g/mol. The summed E-state index contributed by atoms with van der Waals surface area (Å²) >= 11 is 0. The quantitative estimate of drug-likeness (QED) is 0.0895. The number of halogens is 2. The fourth-order valence-electron chi connectivity index (χ4n) is 5.60. The average molecular weight is 733 g/mol. The molecule has 0 fully saturated rings. The Bertz CT molecular complexity index is 2370. The van der Waals surface area contributed by atoms with Crippen molar-refractivity contribution in [3.8, 4) is 34.2 Å². The highest BCUT2D eigenvalue weighted by molar-refractivity contribution is 5.80. The Kier molecular flexibility index (Phi) is 10.8. The molecular formula is C42H34F2N10O. The van der Waals surface area contributed by atoms with Gasteiger partial charge in [-0.2, -0.15) is 20.2 Å². The molecule has 5 N–H and O–H groups in total. The standard InChI is InChI=1S/C42H34F2N10O/c1-2-26-3-12-31(47-25-26)21-22-55-35-19-6-27(7-20-35)36-23-38(51-39(46)37(36)24-45)28-4-13-32(14-5-28)48-40-52-41(49-33-15-8-29(43)9-16-33)54-42(53-40)50-34-17-10-30(44)11-18-34/h3-20,23,25H,2,21-22H2,1H3,(H2,46,51)(H3,48,49,50,52,53,54). The first-order valence-electron chi connectivity index (χ1n) is 17.4. The summed E-state index contributed by atoms with van der Waals surface area (Å²) in [6.45, 7) is 2.58. The van der Waals surface area contributed by atoms with Gasteiger partial charge in [0.05, 0.1) is 12.3 Å². The molecule has 4 aromatic carbocycles. The van der Waals surface area contributed by atoms with Gasteiger partial charge in [0.25, 0.3) is 0 Å². The molecule has 0 aliphatic carbocycles. The van der Waals surface area contributed by atoms with E-state index in [0.29, 0.717) is 47.1 Å². The van der Waals surface area contributed by atoms with Crippen LogP contribution >= 0.6 is 0 Å². The number of ether oxygens (including phenoxy) is 1. The van der Waals surface area contributed by atoms with Crippen molar-refractivity contribution in [3.05, 3.63) is 150 Å². The van der Waals surface area contributed by atoms with Gasteiger partial charge < -0.3 is 26.4 Å². The number of pyridine rings is 2. The van der Waals surface area contributed by atoms with Crippen LogP contribution in [0.4, 0.5) is 49.5 Å². The molecule has 0 saturated heterocycles. The van der Waals surface area contributed by atoms with Crippen LogP contribution in [0.2, 0.25) is 0 Å². The third kappa shape index (κ3) is 9.13. The maximum absolute atomic E-state index is 13.5. The summed E-state index contributed by atoms with van der Waals surface area (Å²) in [6.07, 6.45) is 3.53. The molecule has 7 aromatic rings. The van der Waals surface area contributed by atoms with E-state index in [0.717, 1.165) is 23.2 Å². The lowest BCUT2D eigenvalue weighted by Gasteiger charge is -2.13. The van der Waals surface area contributed by atoms with Gasteiger partial charge in [-0.1, -0.05) is 37.3 Å². The molecule has 0 aliphatic heterocycles. The van der Waals surface area contributed by atoms with E-state index in [1.807, 2.05) is 66.9 Å². The van der Waals surface area contributed by atoms with Crippen molar-refractivity contribution < 1.29 is 13.5 Å². The number of anilines is 7. The number of rotatable bonds is 13. The molecule has 0 aliphatic rings. The number of aryl methyl sites for hydroxylation is 1. The SMILES string of the molecule is CCc1ccc(CCOc2ccc(-c3cc(-c4ccc(Nc5nc(Nc6ccc(F)cc6)nc(Nc6ccc(F)cc6)n5)cc4)nc(N)c3C#N)cc2)nc1. The predicted molar refractivity (Wildman–Crippen MR) is 210 cm³/mol. The van der Waals surface area contributed by atoms with Gasteiger partial charge >= 0.3 is 0 Å². The molecule has 3 heterocycles. The van der Waals surface area contributed by atoms with Crippen molar-refractivity contribution >= 4 is 40.7 Å². The highest BCUT2D eigenvalue weighted by Gasteiger charge is 2.15. The fraction of sp³-hybridized carbons (Fsp3) is 0.0952. The number of nitrogens with two attached hydrogens (primary N) is 1. The average Bonchev–Trinajstić information content (AvgIpc) is 3.20. The van der Waals surface area contributed by atoms with Crippen LogP contribution in [0.15, 0.2) is 121 Å². The van der Waals surface area contributed by atoms with Crippen LogP contribution < -0.4 is 26.4 Å². The van der Waals surface area contributed by atoms with Gasteiger partial charge in [-0.05, 0) is 102 Å². The number of hydrogen-bond donors (Lipinski definition) is 4. The number of aromatic nitrogens is 5. The van der Waals surface area contributed by atoms with Gasteiger partial charge in [-0.25, -0.2) is 13.8 Å². The molecule has 11 nitrogen and oxygen atoms in total. The minimum atomic E-state index is -0.376. The van der Waals surface area contributed by atoms with Crippen molar-refractivity contribution in [2.45, 2.75) is 19.8 Å². The Morgan fingerprint density at radius 1 is 0.673 bits per heavy atom. The number of nitriles is 1. The highest BCUT2D eigenvalue weighted by atomic mass is 19.1. The normalized spacial score (nSPS) is 10.7.